The van der Waals surface area contributed by atoms with E-state index in [4.69, 9.17) is 4.74 Å². The van der Waals surface area contributed by atoms with E-state index in [9.17, 15) is 8.42 Å². The molecule has 0 aromatic carbocycles. The predicted molar refractivity (Wildman–Crippen MR) is 91.9 cm³/mol. The molecule has 2 aliphatic rings. The summed E-state index contributed by atoms with van der Waals surface area (Å²) < 4.78 is 32.8. The maximum Gasteiger partial charge on any atom is 0.211 e. The van der Waals surface area contributed by atoms with E-state index >= 15 is 0 Å². The Hall–Kier alpha value is -0.960. The highest BCUT2D eigenvalue weighted by molar-refractivity contribution is 7.88. The average molecular weight is 356 g/mol. The van der Waals surface area contributed by atoms with Crippen LogP contribution < -0.4 is 0 Å². The Balaban J connectivity index is 1.65. The molecule has 1 aromatic rings. The molecule has 0 unspecified atom stereocenters. The first kappa shape index (κ1) is 17.8. The van der Waals surface area contributed by atoms with E-state index in [-0.39, 0.29) is 11.3 Å². The first-order valence-electron chi connectivity index (χ1n) is 8.46. The van der Waals surface area contributed by atoms with Gasteiger partial charge in [-0.2, -0.15) is 5.10 Å². The van der Waals surface area contributed by atoms with E-state index in [0.717, 1.165) is 32.5 Å². The van der Waals surface area contributed by atoms with Crippen LogP contribution in [0.2, 0.25) is 0 Å². The van der Waals surface area contributed by atoms with Crippen molar-refractivity contribution in [2.24, 2.45) is 18.4 Å². The molecule has 1 aromatic heterocycles. The van der Waals surface area contributed by atoms with E-state index in [1.165, 1.54) is 11.8 Å². The van der Waals surface area contributed by atoms with Crippen LogP contribution in [0.4, 0.5) is 0 Å². The minimum Gasteiger partial charge on any atom is -0.384 e. The quantitative estimate of drug-likeness (QED) is 0.770. The Morgan fingerprint density at radius 1 is 1.38 bits per heavy atom. The summed E-state index contributed by atoms with van der Waals surface area (Å²) in [6, 6.07) is 0. The molecular weight excluding hydrogens is 328 g/mol. The Bertz CT molecular complexity index is 665. The molecule has 0 amide bonds. The van der Waals surface area contributed by atoms with Gasteiger partial charge in [0.05, 0.1) is 19.1 Å². The van der Waals surface area contributed by atoms with Crippen LogP contribution >= 0.6 is 0 Å². The number of aryl methyl sites for hydroxylation is 1. The highest BCUT2D eigenvalue weighted by Crippen LogP contribution is 2.45. The van der Waals surface area contributed by atoms with Gasteiger partial charge >= 0.3 is 0 Å². The van der Waals surface area contributed by atoms with Crippen molar-refractivity contribution < 1.29 is 13.2 Å². The third kappa shape index (κ3) is 3.66. The smallest absolute Gasteiger partial charge is 0.211 e. The Morgan fingerprint density at radius 3 is 2.62 bits per heavy atom. The van der Waals surface area contributed by atoms with Crippen LogP contribution in [-0.2, 0) is 28.4 Å². The van der Waals surface area contributed by atoms with Gasteiger partial charge in [0, 0.05) is 51.5 Å². The molecule has 3 heterocycles. The van der Waals surface area contributed by atoms with Crippen LogP contribution in [-0.4, -0.2) is 73.6 Å². The third-order valence-electron chi connectivity index (χ3n) is 5.63. The van der Waals surface area contributed by atoms with E-state index in [0.29, 0.717) is 19.7 Å². The van der Waals surface area contributed by atoms with Crippen LogP contribution in [0.1, 0.15) is 18.4 Å². The number of rotatable bonds is 5. The van der Waals surface area contributed by atoms with E-state index in [1.54, 1.807) is 11.4 Å². The molecule has 7 nitrogen and oxygen atoms in total. The predicted octanol–water partition coefficient (Wildman–Crippen LogP) is 0.540. The first-order valence-corrected chi connectivity index (χ1v) is 10.3. The largest absolute Gasteiger partial charge is 0.384 e. The molecule has 8 heteroatoms. The highest BCUT2D eigenvalue weighted by Gasteiger charge is 2.49. The minimum absolute atomic E-state index is 0.0600. The zero-order chi connectivity index (χ0) is 17.4. The molecule has 2 saturated heterocycles. The van der Waals surface area contributed by atoms with Crippen LogP contribution in [0, 0.1) is 11.3 Å². The number of sulfonamides is 1. The molecule has 0 radical (unpaired) electrons. The standard InChI is InChI=1S/C16H28N4O3S/c1-18-9-14(8-17-18)10-19-6-4-16(5-7-19)13-20(24(3,21)22)11-15(16)12-23-2/h8-9,15H,4-7,10-13H2,1-3H3/t15-/m1/s1. The fourth-order valence-corrected chi connectivity index (χ4v) is 5.14. The molecule has 0 bridgehead atoms. The van der Waals surface area contributed by atoms with Gasteiger partial charge in [-0.1, -0.05) is 0 Å². The Labute approximate surface area is 144 Å². The van der Waals surface area contributed by atoms with Crippen LogP contribution in [0.25, 0.3) is 0 Å². The van der Waals surface area contributed by atoms with Gasteiger partial charge in [0.25, 0.3) is 0 Å². The Morgan fingerprint density at radius 2 is 2.08 bits per heavy atom. The van der Waals surface area contributed by atoms with Crippen LogP contribution in [0.3, 0.4) is 0 Å². The molecule has 1 spiro atoms. The number of ether oxygens (including phenoxy) is 1. The molecule has 0 N–H and O–H groups in total. The van der Waals surface area contributed by atoms with Crippen molar-refractivity contribution in [2.75, 3.05) is 46.2 Å². The van der Waals surface area contributed by atoms with Crippen molar-refractivity contribution in [1.29, 1.82) is 0 Å². The summed E-state index contributed by atoms with van der Waals surface area (Å²) in [7, 11) is 0.500. The zero-order valence-corrected chi connectivity index (χ0v) is 15.6. The number of methoxy groups -OCH3 is 1. The molecule has 2 fully saturated rings. The van der Waals surface area contributed by atoms with Crippen molar-refractivity contribution in [3.8, 4) is 0 Å². The summed E-state index contributed by atoms with van der Waals surface area (Å²) in [6.45, 7) is 4.76. The number of piperidine rings is 1. The van der Waals surface area contributed by atoms with Crippen molar-refractivity contribution in [3.05, 3.63) is 18.0 Å². The van der Waals surface area contributed by atoms with Gasteiger partial charge in [0.2, 0.25) is 10.0 Å². The van der Waals surface area contributed by atoms with Crippen molar-refractivity contribution >= 4 is 10.0 Å². The van der Waals surface area contributed by atoms with Crippen molar-refractivity contribution in [2.45, 2.75) is 19.4 Å². The lowest BCUT2D eigenvalue weighted by atomic mass is 9.71. The molecule has 0 saturated carbocycles. The Kier molecular flexibility index (Phi) is 5.01. The van der Waals surface area contributed by atoms with Crippen LogP contribution in [0.15, 0.2) is 12.4 Å². The SMILES string of the molecule is COC[C@H]1CN(S(C)(=O)=O)CC12CCN(Cc1cnn(C)c1)CC2. The normalized spacial score (nSPS) is 25.5. The van der Waals surface area contributed by atoms with Gasteiger partial charge in [-0.05, 0) is 31.3 Å². The lowest BCUT2D eigenvalue weighted by Crippen LogP contribution is -2.45. The monoisotopic (exact) mass is 356 g/mol. The second-order valence-electron chi connectivity index (χ2n) is 7.37. The third-order valence-corrected chi connectivity index (χ3v) is 6.85. The molecule has 3 rings (SSSR count). The minimum atomic E-state index is -3.14. The summed E-state index contributed by atoms with van der Waals surface area (Å²) in [5, 5.41) is 4.23. The fraction of sp³-hybridized carbons (Fsp3) is 0.812. The van der Waals surface area contributed by atoms with Crippen molar-refractivity contribution in [3.63, 3.8) is 0 Å². The lowest BCUT2D eigenvalue weighted by Gasteiger charge is -2.42. The summed E-state index contributed by atoms with van der Waals surface area (Å²) >= 11 is 0. The number of likely N-dealkylation sites (tertiary alicyclic amines) is 1. The average Bonchev–Trinajstić information content (AvgIpc) is 3.07. The molecule has 24 heavy (non-hydrogen) atoms. The maximum absolute atomic E-state index is 12.0. The topological polar surface area (TPSA) is 67.7 Å². The van der Waals surface area contributed by atoms with Gasteiger partial charge in [-0.25, -0.2) is 12.7 Å². The van der Waals surface area contributed by atoms with E-state index in [1.807, 2.05) is 17.9 Å². The van der Waals surface area contributed by atoms with Crippen LogP contribution in [0.5, 0.6) is 0 Å². The highest BCUT2D eigenvalue weighted by atomic mass is 32.2. The zero-order valence-electron chi connectivity index (χ0n) is 14.8. The van der Waals surface area contributed by atoms with Gasteiger partial charge in [-0.15, -0.1) is 0 Å². The maximum atomic E-state index is 12.0. The number of hydrogen-bond acceptors (Lipinski definition) is 5. The molecule has 0 aliphatic carbocycles. The van der Waals surface area contributed by atoms with Gasteiger partial charge < -0.3 is 4.74 Å². The summed E-state index contributed by atoms with van der Waals surface area (Å²) in [4.78, 5) is 2.44. The molecule has 2 aliphatic heterocycles. The molecular formula is C16H28N4O3S. The second-order valence-corrected chi connectivity index (χ2v) is 9.35. The second kappa shape index (κ2) is 6.74. The van der Waals surface area contributed by atoms with E-state index < -0.39 is 10.0 Å². The van der Waals surface area contributed by atoms with Gasteiger partial charge in [0.15, 0.2) is 0 Å². The summed E-state index contributed by atoms with van der Waals surface area (Å²) in [5.41, 5.74) is 1.29. The summed E-state index contributed by atoms with van der Waals surface area (Å²) in [5.74, 6) is 0.290. The van der Waals surface area contributed by atoms with Gasteiger partial charge in [-0.3, -0.25) is 9.58 Å². The number of nitrogens with zero attached hydrogens (tertiary/aromatic N) is 4. The first-order chi connectivity index (χ1) is 11.3. The lowest BCUT2D eigenvalue weighted by molar-refractivity contribution is 0.0357. The number of aromatic nitrogens is 2. The summed E-state index contributed by atoms with van der Waals surface area (Å²) in [6.07, 6.45) is 7.33. The van der Waals surface area contributed by atoms with Crippen molar-refractivity contribution in [1.82, 2.24) is 19.0 Å². The fourth-order valence-electron chi connectivity index (χ4n) is 4.20. The van der Waals surface area contributed by atoms with E-state index in [2.05, 4.69) is 16.2 Å². The molecule has 136 valence electrons. The number of hydrogen-bond donors (Lipinski definition) is 0. The molecule has 1 atom stereocenters. The van der Waals surface area contributed by atoms with Gasteiger partial charge in [0.1, 0.15) is 0 Å².